The molecule has 0 aromatic heterocycles. The van der Waals surface area contributed by atoms with E-state index in [1.807, 2.05) is 0 Å². The molecule has 0 unspecified atom stereocenters. The largest absolute Gasteiger partial charge is 4.00 e. The van der Waals surface area contributed by atoms with E-state index in [4.69, 9.17) is 0 Å². The minimum absolute atomic E-state index is 0. The second-order valence-electron chi connectivity index (χ2n) is 4.79. The number of rotatable bonds is 6. The third-order valence-electron chi connectivity index (χ3n) is 3.10. The molecule has 0 atom stereocenters. The minimum Gasteiger partial charge on any atom is -0.358 e. The Balaban J connectivity index is -0.000000270. The van der Waals surface area contributed by atoms with E-state index >= 15 is 0 Å². The molecular formula is C20H32Cr. The standard InChI is InChI=1S/2C9H13.2CH3.Cr/c2*1-2-3-6-9-7-4-5-8-9;;;/h2*4-5,7-8H,2-3,6H2,1H3;2*1H3;/q4*-1;+4. The van der Waals surface area contributed by atoms with Crippen LogP contribution in [0.25, 0.3) is 0 Å². The molecule has 118 valence electrons. The average Bonchev–Trinajstić information content (AvgIpc) is 3.07. The molecule has 0 nitrogen and oxygen atoms in total. The summed E-state index contributed by atoms with van der Waals surface area (Å²) in [4.78, 5) is 0. The van der Waals surface area contributed by atoms with Crippen LogP contribution in [0.2, 0.25) is 0 Å². The van der Waals surface area contributed by atoms with Gasteiger partial charge in [-0.05, 0) is 0 Å². The van der Waals surface area contributed by atoms with E-state index in [1.165, 1.54) is 49.7 Å². The van der Waals surface area contributed by atoms with Gasteiger partial charge < -0.3 is 14.9 Å². The number of aryl methyl sites for hydroxylation is 2. The Morgan fingerprint density at radius 2 is 0.905 bits per heavy atom. The zero-order chi connectivity index (χ0) is 13.1. The van der Waals surface area contributed by atoms with Crippen LogP contribution in [-0.2, 0) is 30.2 Å². The summed E-state index contributed by atoms with van der Waals surface area (Å²) in [7, 11) is 0. The topological polar surface area (TPSA) is 0 Å². The Bertz CT molecular complexity index is 318. The second kappa shape index (κ2) is 17.3. The van der Waals surface area contributed by atoms with E-state index in [-0.39, 0.29) is 32.2 Å². The van der Waals surface area contributed by atoms with Gasteiger partial charge in [-0.25, -0.2) is 24.3 Å². The van der Waals surface area contributed by atoms with Crippen LogP contribution < -0.4 is 0 Å². The Morgan fingerprint density at radius 3 is 1.14 bits per heavy atom. The first kappa shape index (κ1) is 25.2. The zero-order valence-corrected chi connectivity index (χ0v) is 15.5. The maximum Gasteiger partial charge on any atom is 4.00 e. The second-order valence-corrected chi connectivity index (χ2v) is 4.79. The zero-order valence-electron chi connectivity index (χ0n) is 14.3. The third-order valence-corrected chi connectivity index (χ3v) is 3.10. The molecule has 0 saturated heterocycles. The molecule has 0 amide bonds. The number of hydrogen-bond donors (Lipinski definition) is 0. The Kier molecular flexibility index (Phi) is 20.7. The van der Waals surface area contributed by atoms with Crippen molar-refractivity contribution in [2.24, 2.45) is 0 Å². The first-order valence-corrected chi connectivity index (χ1v) is 7.28. The summed E-state index contributed by atoms with van der Waals surface area (Å²) in [5, 5.41) is 0. The van der Waals surface area contributed by atoms with E-state index in [2.05, 4.69) is 62.4 Å². The molecule has 0 aliphatic heterocycles. The van der Waals surface area contributed by atoms with Gasteiger partial charge in [0.15, 0.2) is 0 Å². The maximum absolute atomic E-state index is 2.23. The van der Waals surface area contributed by atoms with Gasteiger partial charge in [0.25, 0.3) is 0 Å². The fourth-order valence-corrected chi connectivity index (χ4v) is 1.92. The van der Waals surface area contributed by atoms with E-state index in [0.717, 1.165) is 0 Å². The molecule has 2 aromatic carbocycles. The molecule has 0 bridgehead atoms. The molecule has 0 fully saturated rings. The minimum atomic E-state index is 0. The van der Waals surface area contributed by atoms with Gasteiger partial charge in [-0.15, -0.1) is 0 Å². The molecular weight excluding hydrogens is 292 g/mol. The summed E-state index contributed by atoms with van der Waals surface area (Å²) in [6.45, 7) is 4.45. The van der Waals surface area contributed by atoms with Gasteiger partial charge in [-0.1, -0.05) is 52.4 Å². The van der Waals surface area contributed by atoms with E-state index in [9.17, 15) is 0 Å². The normalized spacial score (nSPS) is 8.48. The SMILES string of the molecule is CCCC[c-]1cccc1.CCCC[c-]1cccc1.[CH3-].[CH3-].[Cr+4]. The van der Waals surface area contributed by atoms with Gasteiger partial charge in [0.05, 0.1) is 0 Å². The van der Waals surface area contributed by atoms with E-state index in [1.54, 1.807) is 0 Å². The van der Waals surface area contributed by atoms with Crippen LogP contribution in [-0.4, -0.2) is 0 Å². The average molecular weight is 324 g/mol. The summed E-state index contributed by atoms with van der Waals surface area (Å²) in [6.07, 6.45) is 7.75. The van der Waals surface area contributed by atoms with Crippen LogP contribution in [0.4, 0.5) is 0 Å². The summed E-state index contributed by atoms with van der Waals surface area (Å²) in [6, 6.07) is 17.2. The van der Waals surface area contributed by atoms with Gasteiger partial charge in [-0.2, -0.15) is 35.4 Å². The van der Waals surface area contributed by atoms with Gasteiger partial charge in [-0.3, -0.25) is 0 Å². The van der Waals surface area contributed by atoms with Crippen LogP contribution >= 0.6 is 0 Å². The molecule has 0 heterocycles. The predicted octanol–water partition coefficient (Wildman–Crippen LogP) is 6.39. The van der Waals surface area contributed by atoms with Crippen LogP contribution in [0, 0.1) is 14.9 Å². The predicted molar refractivity (Wildman–Crippen MR) is 94.1 cm³/mol. The fourth-order valence-electron chi connectivity index (χ4n) is 1.92. The van der Waals surface area contributed by atoms with Gasteiger partial charge in [0.2, 0.25) is 0 Å². The smallest absolute Gasteiger partial charge is 0.358 e. The summed E-state index contributed by atoms with van der Waals surface area (Å²) >= 11 is 0. The molecule has 0 aliphatic carbocycles. The van der Waals surface area contributed by atoms with Crippen molar-refractivity contribution in [3.05, 3.63) is 74.5 Å². The van der Waals surface area contributed by atoms with Crippen LogP contribution in [0.5, 0.6) is 0 Å². The van der Waals surface area contributed by atoms with Crippen molar-refractivity contribution in [3.63, 3.8) is 0 Å². The van der Waals surface area contributed by atoms with Crippen molar-refractivity contribution in [2.45, 2.75) is 52.4 Å². The molecule has 0 N–H and O–H groups in total. The Hall–Kier alpha value is -0.768. The number of hydrogen-bond acceptors (Lipinski definition) is 0. The van der Waals surface area contributed by atoms with Crippen molar-refractivity contribution in [1.82, 2.24) is 0 Å². The van der Waals surface area contributed by atoms with Crippen molar-refractivity contribution >= 4 is 0 Å². The van der Waals surface area contributed by atoms with Gasteiger partial charge >= 0.3 is 17.4 Å². The first-order valence-electron chi connectivity index (χ1n) is 7.28. The van der Waals surface area contributed by atoms with E-state index in [0.29, 0.717) is 0 Å². The van der Waals surface area contributed by atoms with Crippen LogP contribution in [0.1, 0.15) is 50.7 Å². The summed E-state index contributed by atoms with van der Waals surface area (Å²) in [5.41, 5.74) is 2.97. The van der Waals surface area contributed by atoms with Crippen molar-refractivity contribution in [2.75, 3.05) is 0 Å². The van der Waals surface area contributed by atoms with Gasteiger partial charge in [0.1, 0.15) is 0 Å². The van der Waals surface area contributed by atoms with Gasteiger partial charge in [0, 0.05) is 0 Å². The third kappa shape index (κ3) is 12.7. The molecule has 0 saturated carbocycles. The van der Waals surface area contributed by atoms with Crippen LogP contribution in [0.15, 0.2) is 48.5 Å². The fraction of sp³-hybridized carbons (Fsp3) is 0.400. The van der Waals surface area contributed by atoms with Crippen molar-refractivity contribution < 1.29 is 17.4 Å². The van der Waals surface area contributed by atoms with Crippen molar-refractivity contribution in [3.8, 4) is 0 Å². The molecule has 1 heteroatoms. The molecule has 0 radical (unpaired) electrons. The number of unbranched alkanes of at least 4 members (excludes halogenated alkanes) is 2. The Morgan fingerprint density at radius 1 is 0.619 bits per heavy atom. The molecule has 0 aliphatic rings. The first-order chi connectivity index (χ1) is 8.86. The quantitative estimate of drug-likeness (QED) is 0.540. The Labute approximate surface area is 144 Å². The molecule has 0 spiro atoms. The molecule has 21 heavy (non-hydrogen) atoms. The maximum atomic E-state index is 2.23. The van der Waals surface area contributed by atoms with Crippen LogP contribution in [0.3, 0.4) is 0 Å². The monoisotopic (exact) mass is 324 g/mol. The van der Waals surface area contributed by atoms with Crippen molar-refractivity contribution in [1.29, 1.82) is 0 Å². The van der Waals surface area contributed by atoms with E-state index < -0.39 is 0 Å². The molecule has 2 rings (SSSR count). The molecule has 2 aromatic rings. The summed E-state index contributed by atoms with van der Waals surface area (Å²) in [5.74, 6) is 0. The summed E-state index contributed by atoms with van der Waals surface area (Å²) < 4.78 is 0.